The van der Waals surface area contributed by atoms with Crippen LogP contribution in [0.5, 0.6) is 5.75 Å². The van der Waals surface area contributed by atoms with Crippen LogP contribution in [0.25, 0.3) is 0 Å². The maximum absolute atomic E-state index is 5.89. The molecule has 6 nitrogen and oxygen atoms in total. The molecule has 0 amide bonds. The largest absolute Gasteiger partial charge is 0.490 e. The Morgan fingerprint density at radius 1 is 1.39 bits per heavy atom. The van der Waals surface area contributed by atoms with Gasteiger partial charge in [-0.3, -0.25) is 0 Å². The lowest BCUT2D eigenvalue weighted by molar-refractivity contribution is 0.412. The van der Waals surface area contributed by atoms with Crippen LogP contribution in [-0.2, 0) is 6.54 Å². The van der Waals surface area contributed by atoms with Gasteiger partial charge in [-0.05, 0) is 13.8 Å². The molecule has 18 heavy (non-hydrogen) atoms. The zero-order valence-electron chi connectivity index (χ0n) is 10.3. The van der Waals surface area contributed by atoms with Gasteiger partial charge in [0.1, 0.15) is 12.1 Å². The average Bonchev–Trinajstić information content (AvgIpc) is 2.66. The molecule has 0 atom stereocenters. The van der Waals surface area contributed by atoms with Crippen LogP contribution in [0.1, 0.15) is 17.3 Å². The van der Waals surface area contributed by atoms with Gasteiger partial charge in [0.05, 0.1) is 19.3 Å². The van der Waals surface area contributed by atoms with Gasteiger partial charge < -0.3 is 14.5 Å². The Balaban J connectivity index is 2.13. The van der Waals surface area contributed by atoms with Gasteiger partial charge >= 0.3 is 0 Å². The first-order valence-corrected chi connectivity index (χ1v) is 5.71. The average molecular weight is 269 g/mol. The van der Waals surface area contributed by atoms with E-state index in [0.717, 1.165) is 11.5 Å². The van der Waals surface area contributed by atoms with Gasteiger partial charge in [-0.1, -0.05) is 11.6 Å². The monoisotopic (exact) mass is 268 g/mol. The normalized spacial score (nSPS) is 10.4. The molecule has 0 aliphatic carbocycles. The van der Waals surface area contributed by atoms with Gasteiger partial charge in [0.15, 0.2) is 16.7 Å². The number of rotatable bonds is 4. The highest BCUT2D eigenvalue weighted by molar-refractivity contribution is 6.31. The molecule has 0 saturated carbocycles. The Bertz CT molecular complexity index is 536. The molecular formula is C11H13ClN4O2. The summed E-state index contributed by atoms with van der Waals surface area (Å²) in [6.07, 6.45) is 1.36. The van der Waals surface area contributed by atoms with Crippen molar-refractivity contribution >= 4 is 17.4 Å². The quantitative estimate of drug-likeness (QED) is 0.858. The third-order valence-corrected chi connectivity index (χ3v) is 2.71. The standard InChI is InChI=1S/C11H13ClN4O2/c1-6-7(2)18-8(16-6)4-13-11-9(17-3)10(12)14-5-15-11/h5H,4H2,1-3H3,(H,13,14,15). The van der Waals surface area contributed by atoms with E-state index < -0.39 is 0 Å². The lowest BCUT2D eigenvalue weighted by Gasteiger charge is -2.08. The summed E-state index contributed by atoms with van der Waals surface area (Å²) in [6.45, 7) is 4.16. The summed E-state index contributed by atoms with van der Waals surface area (Å²) < 4.78 is 10.6. The zero-order chi connectivity index (χ0) is 13.1. The van der Waals surface area contributed by atoms with E-state index >= 15 is 0 Å². The second-order valence-corrected chi connectivity index (χ2v) is 4.01. The number of halogens is 1. The highest BCUT2D eigenvalue weighted by Crippen LogP contribution is 2.28. The number of hydrogen-bond acceptors (Lipinski definition) is 6. The van der Waals surface area contributed by atoms with Crippen LogP contribution in [0.3, 0.4) is 0 Å². The molecular weight excluding hydrogens is 256 g/mol. The van der Waals surface area contributed by atoms with Crippen LogP contribution in [-0.4, -0.2) is 22.1 Å². The Morgan fingerprint density at radius 3 is 2.78 bits per heavy atom. The Kier molecular flexibility index (Phi) is 3.66. The van der Waals surface area contributed by atoms with E-state index in [4.69, 9.17) is 20.8 Å². The Hall–Kier alpha value is -1.82. The third kappa shape index (κ3) is 2.53. The maximum atomic E-state index is 5.89. The predicted octanol–water partition coefficient (Wildman–Crippen LogP) is 2.36. The lowest BCUT2D eigenvalue weighted by Crippen LogP contribution is -2.04. The number of aryl methyl sites for hydroxylation is 2. The highest BCUT2D eigenvalue weighted by Gasteiger charge is 2.11. The van der Waals surface area contributed by atoms with Crippen molar-refractivity contribution in [1.82, 2.24) is 15.0 Å². The molecule has 7 heteroatoms. The van der Waals surface area contributed by atoms with Crippen molar-refractivity contribution in [2.75, 3.05) is 12.4 Å². The molecule has 0 saturated heterocycles. The fourth-order valence-electron chi connectivity index (χ4n) is 1.43. The van der Waals surface area contributed by atoms with Crippen LogP contribution >= 0.6 is 11.6 Å². The predicted molar refractivity (Wildman–Crippen MR) is 66.9 cm³/mol. The fourth-order valence-corrected chi connectivity index (χ4v) is 1.64. The molecule has 0 aromatic carbocycles. The highest BCUT2D eigenvalue weighted by atomic mass is 35.5. The van der Waals surface area contributed by atoms with Gasteiger partial charge in [0.25, 0.3) is 0 Å². The van der Waals surface area contributed by atoms with Crippen LogP contribution in [0.4, 0.5) is 5.82 Å². The van der Waals surface area contributed by atoms with Gasteiger partial charge in [0.2, 0.25) is 5.89 Å². The van der Waals surface area contributed by atoms with Crippen molar-refractivity contribution in [2.24, 2.45) is 0 Å². The first-order chi connectivity index (χ1) is 8.61. The van der Waals surface area contributed by atoms with Crippen LogP contribution in [0, 0.1) is 13.8 Å². The van der Waals surface area contributed by atoms with Gasteiger partial charge in [-0.25, -0.2) is 15.0 Å². The van der Waals surface area contributed by atoms with E-state index in [2.05, 4.69) is 20.3 Å². The maximum Gasteiger partial charge on any atom is 0.213 e. The van der Waals surface area contributed by atoms with Crippen molar-refractivity contribution in [1.29, 1.82) is 0 Å². The van der Waals surface area contributed by atoms with Crippen molar-refractivity contribution in [3.8, 4) is 5.75 Å². The van der Waals surface area contributed by atoms with E-state index in [-0.39, 0.29) is 5.15 Å². The minimum absolute atomic E-state index is 0.259. The number of anilines is 1. The molecule has 1 N–H and O–H groups in total. The zero-order valence-corrected chi connectivity index (χ0v) is 11.1. The first kappa shape index (κ1) is 12.6. The number of ether oxygens (including phenoxy) is 1. The smallest absolute Gasteiger partial charge is 0.213 e. The summed E-state index contributed by atoms with van der Waals surface area (Å²) >= 11 is 5.89. The molecule has 0 aliphatic heterocycles. The second kappa shape index (κ2) is 5.22. The van der Waals surface area contributed by atoms with E-state index in [1.54, 1.807) is 0 Å². The summed E-state index contributed by atoms with van der Waals surface area (Å²) in [7, 11) is 1.51. The number of methoxy groups -OCH3 is 1. The molecule has 2 heterocycles. The van der Waals surface area contributed by atoms with E-state index in [0.29, 0.717) is 24.0 Å². The summed E-state index contributed by atoms with van der Waals surface area (Å²) in [4.78, 5) is 12.1. The number of oxazole rings is 1. The van der Waals surface area contributed by atoms with Crippen molar-refractivity contribution in [2.45, 2.75) is 20.4 Å². The molecule has 2 aromatic rings. The molecule has 2 aromatic heterocycles. The number of hydrogen-bond donors (Lipinski definition) is 1. The summed E-state index contributed by atoms with van der Waals surface area (Å²) in [5, 5.41) is 3.30. The van der Waals surface area contributed by atoms with Gasteiger partial charge in [0, 0.05) is 0 Å². The molecule has 96 valence electrons. The van der Waals surface area contributed by atoms with Gasteiger partial charge in [-0.15, -0.1) is 0 Å². The molecule has 0 aliphatic rings. The third-order valence-electron chi connectivity index (χ3n) is 2.44. The summed E-state index contributed by atoms with van der Waals surface area (Å²) in [5.41, 5.74) is 0.875. The molecule has 0 bridgehead atoms. The molecule has 0 unspecified atom stereocenters. The van der Waals surface area contributed by atoms with E-state index in [9.17, 15) is 0 Å². The summed E-state index contributed by atoms with van der Waals surface area (Å²) in [6, 6.07) is 0. The molecule has 0 spiro atoms. The number of nitrogens with zero attached hydrogens (tertiary/aromatic N) is 3. The van der Waals surface area contributed by atoms with Crippen molar-refractivity contribution < 1.29 is 9.15 Å². The van der Waals surface area contributed by atoms with Crippen LogP contribution in [0.15, 0.2) is 10.7 Å². The van der Waals surface area contributed by atoms with Crippen molar-refractivity contribution in [3.63, 3.8) is 0 Å². The first-order valence-electron chi connectivity index (χ1n) is 5.33. The SMILES string of the molecule is COc1c(Cl)ncnc1NCc1nc(C)c(C)o1. The van der Waals surface area contributed by atoms with E-state index in [1.165, 1.54) is 13.4 Å². The molecule has 2 rings (SSSR count). The minimum atomic E-state index is 0.259. The summed E-state index contributed by atoms with van der Waals surface area (Å²) in [5.74, 6) is 2.30. The van der Waals surface area contributed by atoms with Crippen LogP contribution in [0.2, 0.25) is 5.15 Å². The number of nitrogens with one attached hydrogen (secondary N) is 1. The van der Waals surface area contributed by atoms with Gasteiger partial charge in [-0.2, -0.15) is 0 Å². The minimum Gasteiger partial charge on any atom is -0.490 e. The molecule has 0 radical (unpaired) electrons. The number of aromatic nitrogens is 3. The fraction of sp³-hybridized carbons (Fsp3) is 0.364. The lowest BCUT2D eigenvalue weighted by atomic mass is 10.4. The Labute approximate surface area is 109 Å². The Morgan fingerprint density at radius 2 is 2.17 bits per heavy atom. The second-order valence-electron chi connectivity index (χ2n) is 3.65. The molecule has 0 fully saturated rings. The topological polar surface area (TPSA) is 73.1 Å². The van der Waals surface area contributed by atoms with Crippen molar-refractivity contribution in [3.05, 3.63) is 28.8 Å². The van der Waals surface area contributed by atoms with Crippen LogP contribution < -0.4 is 10.1 Å². The van der Waals surface area contributed by atoms with E-state index in [1.807, 2.05) is 13.8 Å².